The zero-order valence-corrected chi connectivity index (χ0v) is 20.1. The minimum atomic E-state index is -4.07. The summed E-state index contributed by atoms with van der Waals surface area (Å²) in [5.74, 6) is 1.68. The Kier molecular flexibility index (Phi) is 6.08. The van der Waals surface area contributed by atoms with Crippen LogP contribution in [0.3, 0.4) is 0 Å². The van der Waals surface area contributed by atoms with Gasteiger partial charge in [-0.2, -0.15) is 4.98 Å². The van der Waals surface area contributed by atoms with Gasteiger partial charge in [-0.15, -0.1) is 0 Å². The number of aromatic nitrogens is 1. The van der Waals surface area contributed by atoms with Crippen LogP contribution < -0.4 is 19.1 Å². The molecule has 8 nitrogen and oxygen atoms in total. The molecule has 0 saturated heterocycles. The quantitative estimate of drug-likeness (QED) is 0.370. The van der Waals surface area contributed by atoms with E-state index < -0.39 is 9.84 Å². The number of oxazole rings is 1. The molecule has 35 heavy (non-hydrogen) atoms. The zero-order chi connectivity index (χ0) is 24.4. The second kappa shape index (κ2) is 9.34. The fourth-order valence-electron chi connectivity index (χ4n) is 3.88. The third kappa shape index (κ3) is 4.42. The predicted molar refractivity (Wildman–Crippen MR) is 130 cm³/mol. The molecular formula is C26H24N2O6S. The molecule has 2 heterocycles. The van der Waals surface area contributed by atoms with Crippen molar-refractivity contribution in [1.29, 1.82) is 0 Å². The summed E-state index contributed by atoms with van der Waals surface area (Å²) >= 11 is 0. The fraction of sp³-hybridized carbons (Fsp3) is 0.192. The molecule has 0 saturated carbocycles. The van der Waals surface area contributed by atoms with Crippen LogP contribution in [-0.2, 0) is 16.4 Å². The normalized spacial score (nSPS) is 12.9. The highest BCUT2D eigenvalue weighted by molar-refractivity contribution is 7.91. The second-order valence-corrected chi connectivity index (χ2v) is 9.85. The van der Waals surface area contributed by atoms with Crippen molar-refractivity contribution in [3.63, 3.8) is 0 Å². The number of anilines is 1. The van der Waals surface area contributed by atoms with Crippen LogP contribution in [0.25, 0.3) is 11.5 Å². The number of nitrogens with zero attached hydrogens (tertiary/aromatic N) is 2. The van der Waals surface area contributed by atoms with Crippen molar-refractivity contribution in [2.24, 2.45) is 0 Å². The molecule has 1 aliphatic rings. The number of para-hydroxylation sites is 1. The lowest BCUT2D eigenvalue weighted by molar-refractivity contribution is 0.171. The van der Waals surface area contributed by atoms with Crippen LogP contribution in [0.15, 0.2) is 87.1 Å². The first-order chi connectivity index (χ1) is 17.0. The molecule has 9 heteroatoms. The number of ether oxygens (including phenoxy) is 3. The van der Waals surface area contributed by atoms with Gasteiger partial charge in [0.1, 0.15) is 19.0 Å². The van der Waals surface area contributed by atoms with Crippen molar-refractivity contribution in [2.45, 2.75) is 16.5 Å². The fourth-order valence-corrected chi connectivity index (χ4v) is 5.25. The molecule has 0 N–H and O–H groups in total. The lowest BCUT2D eigenvalue weighted by Gasteiger charge is -2.19. The molecule has 0 atom stereocenters. The van der Waals surface area contributed by atoms with Crippen LogP contribution in [0.2, 0.25) is 0 Å². The lowest BCUT2D eigenvalue weighted by atomic mass is 10.2. The molecule has 0 bridgehead atoms. The van der Waals surface area contributed by atoms with Crippen molar-refractivity contribution in [3.8, 4) is 28.7 Å². The Balaban J connectivity index is 1.62. The van der Waals surface area contributed by atoms with E-state index in [1.807, 2.05) is 42.5 Å². The highest BCUT2D eigenvalue weighted by atomic mass is 32.2. The maximum atomic E-state index is 13.8. The summed E-state index contributed by atoms with van der Waals surface area (Å²) in [6.45, 7) is 1.19. The average molecular weight is 493 g/mol. The van der Waals surface area contributed by atoms with Gasteiger partial charge in [0.2, 0.25) is 26.6 Å². The summed E-state index contributed by atoms with van der Waals surface area (Å²) < 4.78 is 50.3. The van der Waals surface area contributed by atoms with Gasteiger partial charge in [0, 0.05) is 19.7 Å². The van der Waals surface area contributed by atoms with Crippen LogP contribution in [0.4, 0.5) is 5.88 Å². The molecule has 5 rings (SSSR count). The number of sulfone groups is 1. The maximum absolute atomic E-state index is 13.8. The third-order valence-electron chi connectivity index (χ3n) is 5.60. The molecule has 0 aliphatic carbocycles. The molecular weight excluding hydrogens is 468 g/mol. The first-order valence-corrected chi connectivity index (χ1v) is 12.5. The average Bonchev–Trinajstić information content (AvgIpc) is 3.35. The molecule has 3 aromatic carbocycles. The first-order valence-electron chi connectivity index (χ1n) is 11.0. The molecule has 180 valence electrons. The highest BCUT2D eigenvalue weighted by Crippen LogP contribution is 2.39. The van der Waals surface area contributed by atoms with E-state index in [-0.39, 0.29) is 21.7 Å². The molecule has 0 amide bonds. The number of benzene rings is 3. The topological polar surface area (TPSA) is 91.1 Å². The van der Waals surface area contributed by atoms with E-state index in [0.29, 0.717) is 42.6 Å². The van der Waals surface area contributed by atoms with Gasteiger partial charge >= 0.3 is 0 Å². The van der Waals surface area contributed by atoms with Crippen molar-refractivity contribution in [2.75, 3.05) is 32.3 Å². The second-order valence-electron chi connectivity index (χ2n) is 7.98. The lowest BCUT2D eigenvalue weighted by Crippen LogP contribution is -2.19. The van der Waals surface area contributed by atoms with Gasteiger partial charge in [0.05, 0.1) is 17.6 Å². The number of fused-ring (bicyclic) bond motifs is 1. The van der Waals surface area contributed by atoms with Gasteiger partial charge in [0.15, 0.2) is 11.5 Å². The Labute approximate surface area is 203 Å². The Hall–Kier alpha value is -3.98. The Morgan fingerprint density at radius 2 is 1.66 bits per heavy atom. The highest BCUT2D eigenvalue weighted by Gasteiger charge is 2.32. The standard InChI is InChI=1S/C26H24N2O6S/c1-28(17-18-8-4-3-5-9-18)26-25(27-24(34-26)20-10-6-7-11-21(20)31-2)35(29,30)19-12-13-22-23(16-19)33-15-14-32-22/h3-13,16H,14-15,17H2,1-2H3. The Morgan fingerprint density at radius 1 is 0.943 bits per heavy atom. The molecule has 0 radical (unpaired) electrons. The largest absolute Gasteiger partial charge is 0.496 e. The van der Waals surface area contributed by atoms with E-state index in [9.17, 15) is 8.42 Å². The van der Waals surface area contributed by atoms with Gasteiger partial charge in [-0.1, -0.05) is 42.5 Å². The summed E-state index contributed by atoms with van der Waals surface area (Å²) in [6, 6.07) is 21.4. The molecule has 0 unspecified atom stereocenters. The van der Waals surface area contributed by atoms with Gasteiger partial charge in [-0.05, 0) is 29.8 Å². The van der Waals surface area contributed by atoms with Crippen LogP contribution >= 0.6 is 0 Å². The van der Waals surface area contributed by atoms with E-state index >= 15 is 0 Å². The van der Waals surface area contributed by atoms with E-state index in [4.69, 9.17) is 18.6 Å². The third-order valence-corrected chi connectivity index (χ3v) is 7.25. The van der Waals surface area contributed by atoms with Gasteiger partial charge in [0.25, 0.3) is 0 Å². The van der Waals surface area contributed by atoms with Crippen molar-refractivity contribution >= 4 is 15.7 Å². The Morgan fingerprint density at radius 3 is 2.43 bits per heavy atom. The van der Waals surface area contributed by atoms with Gasteiger partial charge in [-0.3, -0.25) is 0 Å². The minimum absolute atomic E-state index is 0.0380. The molecule has 4 aromatic rings. The molecule has 1 aliphatic heterocycles. The number of hydrogen-bond donors (Lipinski definition) is 0. The van der Waals surface area contributed by atoms with Crippen LogP contribution in [-0.4, -0.2) is 40.8 Å². The van der Waals surface area contributed by atoms with E-state index in [1.54, 1.807) is 30.1 Å². The number of methoxy groups -OCH3 is 1. The zero-order valence-electron chi connectivity index (χ0n) is 19.3. The molecule has 0 spiro atoms. The van der Waals surface area contributed by atoms with Crippen LogP contribution in [0.5, 0.6) is 17.2 Å². The molecule has 0 fully saturated rings. The Bertz CT molecular complexity index is 1450. The summed E-state index contributed by atoms with van der Waals surface area (Å²) in [7, 11) is -0.765. The summed E-state index contributed by atoms with van der Waals surface area (Å²) in [4.78, 5) is 6.23. The van der Waals surface area contributed by atoms with Crippen molar-refractivity contribution in [1.82, 2.24) is 4.98 Å². The van der Waals surface area contributed by atoms with E-state index in [2.05, 4.69) is 4.98 Å². The number of hydrogen-bond acceptors (Lipinski definition) is 8. The smallest absolute Gasteiger partial charge is 0.236 e. The SMILES string of the molecule is COc1ccccc1-c1nc(S(=O)(=O)c2ccc3c(c2)OCCO3)c(N(C)Cc2ccccc2)o1. The monoisotopic (exact) mass is 492 g/mol. The predicted octanol–water partition coefficient (Wildman–Crippen LogP) is 4.59. The van der Waals surface area contributed by atoms with Gasteiger partial charge < -0.3 is 23.5 Å². The van der Waals surface area contributed by atoms with E-state index in [1.165, 1.54) is 19.2 Å². The minimum Gasteiger partial charge on any atom is -0.496 e. The van der Waals surface area contributed by atoms with Crippen molar-refractivity contribution in [3.05, 3.63) is 78.4 Å². The summed E-state index contributed by atoms with van der Waals surface area (Å²) in [5.41, 5.74) is 1.54. The van der Waals surface area contributed by atoms with Crippen LogP contribution in [0, 0.1) is 0 Å². The summed E-state index contributed by atoms with van der Waals surface area (Å²) in [5, 5.41) is -0.187. The van der Waals surface area contributed by atoms with Crippen molar-refractivity contribution < 1.29 is 27.0 Å². The first kappa shape index (κ1) is 22.8. The van der Waals surface area contributed by atoms with Gasteiger partial charge in [-0.25, -0.2) is 8.42 Å². The van der Waals surface area contributed by atoms with Crippen LogP contribution in [0.1, 0.15) is 5.56 Å². The summed E-state index contributed by atoms with van der Waals surface area (Å²) in [6.07, 6.45) is 0. The van der Waals surface area contributed by atoms with E-state index in [0.717, 1.165) is 5.56 Å². The number of rotatable bonds is 7. The maximum Gasteiger partial charge on any atom is 0.236 e. The molecule has 1 aromatic heterocycles.